The van der Waals surface area contributed by atoms with Crippen LogP contribution in [0.4, 0.5) is 0 Å². The van der Waals surface area contributed by atoms with Crippen LogP contribution < -0.4 is 0 Å². The third-order valence-electron chi connectivity index (χ3n) is 1.34. The molecule has 0 saturated heterocycles. The summed E-state index contributed by atoms with van der Waals surface area (Å²) in [6.45, 7) is -2.45. The van der Waals surface area contributed by atoms with Crippen molar-refractivity contribution in [3.05, 3.63) is 0 Å². The van der Waals surface area contributed by atoms with Gasteiger partial charge in [-0.2, -0.15) is 55.4 Å². The second-order valence-electron chi connectivity index (χ2n) is 2.30. The average Bonchev–Trinajstić information content (AvgIpc) is 1.86. The molecule has 1 unspecified atom stereocenters. The van der Waals surface area contributed by atoms with Gasteiger partial charge in [-0.15, -0.1) is 22.2 Å². The summed E-state index contributed by atoms with van der Waals surface area (Å²) in [5.41, 5.74) is -2.76. The predicted molar refractivity (Wildman–Crippen MR) is 72.6 cm³/mol. The molecule has 0 aliphatic carbocycles. The molecule has 0 aromatic rings. The molecule has 0 aliphatic rings. The standard InChI is InChI=1S/CH5Cl7Si4/c1-11(6,9(2)3)12(7,8)10(4)5/h9-10H,1H3. The van der Waals surface area contributed by atoms with Crippen molar-refractivity contribution in [1.82, 2.24) is 0 Å². The van der Waals surface area contributed by atoms with Crippen molar-refractivity contribution in [3.8, 4) is 0 Å². The summed E-state index contributed by atoms with van der Waals surface area (Å²) in [5, 5.41) is 0. The SMILES string of the molecule is C[Si](Cl)([SiH](Cl)Cl)[Si](Cl)(Cl)[SiH](Cl)Cl. The smallest absolute Gasteiger partial charge is 0.169 e. The van der Waals surface area contributed by atoms with Crippen LogP contribution in [-0.4, -0.2) is 26.0 Å². The van der Waals surface area contributed by atoms with E-state index in [1.54, 1.807) is 6.55 Å². The van der Waals surface area contributed by atoms with Crippen LogP contribution in [0.5, 0.6) is 0 Å². The number of hydrogen-bond acceptors (Lipinski definition) is 0. The van der Waals surface area contributed by atoms with Crippen molar-refractivity contribution in [3.63, 3.8) is 0 Å². The lowest BCUT2D eigenvalue weighted by molar-refractivity contribution is 2.29. The maximum absolute atomic E-state index is 6.16. The highest BCUT2D eigenvalue weighted by atomic mass is 35.8. The zero-order chi connectivity index (χ0) is 10.2. The predicted octanol–water partition coefficient (Wildman–Crippen LogP) is 3.35. The molecule has 0 fully saturated rings. The first-order valence-corrected chi connectivity index (χ1v) is 21.9. The van der Waals surface area contributed by atoms with E-state index >= 15 is 0 Å². The van der Waals surface area contributed by atoms with Crippen molar-refractivity contribution in [2.45, 2.75) is 6.55 Å². The fourth-order valence-electron chi connectivity index (χ4n) is 0.359. The van der Waals surface area contributed by atoms with E-state index in [2.05, 4.69) is 0 Å². The van der Waals surface area contributed by atoms with Crippen molar-refractivity contribution < 1.29 is 0 Å². The second kappa shape index (κ2) is 5.29. The molecule has 0 nitrogen and oxygen atoms in total. The van der Waals surface area contributed by atoms with Gasteiger partial charge in [-0.3, -0.25) is 0 Å². The Morgan fingerprint density at radius 3 is 1.25 bits per heavy atom. The summed E-state index contributed by atoms with van der Waals surface area (Å²) in [4.78, 5) is 0. The highest BCUT2D eigenvalue weighted by Crippen LogP contribution is 2.38. The van der Waals surface area contributed by atoms with E-state index in [1.165, 1.54) is 0 Å². The summed E-state index contributed by atoms with van der Waals surface area (Å²) in [6.07, 6.45) is -2.46. The number of halogens is 7. The molecule has 0 bridgehead atoms. The lowest BCUT2D eigenvalue weighted by Crippen LogP contribution is -2.62. The normalized spacial score (nSPS) is 18.5. The molecule has 1 atom stereocenters. The van der Waals surface area contributed by atoms with E-state index in [-0.39, 0.29) is 0 Å². The minimum Gasteiger partial charge on any atom is -0.169 e. The van der Waals surface area contributed by atoms with Crippen molar-refractivity contribution in [1.29, 1.82) is 0 Å². The molecule has 0 rings (SSSR count). The zero-order valence-corrected chi connectivity index (χ0v) is 15.4. The Kier molecular flexibility index (Phi) is 6.57. The van der Waals surface area contributed by atoms with Gasteiger partial charge in [-0.25, -0.2) is 0 Å². The fourth-order valence-corrected chi connectivity index (χ4v) is 69.5. The monoisotopic (exact) mass is 374 g/mol. The van der Waals surface area contributed by atoms with Gasteiger partial charge >= 0.3 is 0 Å². The molecule has 11 heteroatoms. The Hall–Kier alpha value is 2.90. The highest BCUT2D eigenvalue weighted by Gasteiger charge is 2.60. The maximum Gasteiger partial charge on any atom is 0.275 e. The molecular weight excluding hydrogens is 373 g/mol. The number of rotatable bonds is 3. The lowest BCUT2D eigenvalue weighted by atomic mass is 11.9. The molecule has 74 valence electrons. The molecule has 0 aromatic heterocycles. The van der Waals surface area contributed by atoms with E-state index in [4.69, 9.17) is 77.6 Å². The van der Waals surface area contributed by atoms with Crippen LogP contribution >= 0.6 is 77.6 Å². The van der Waals surface area contributed by atoms with Crippen LogP contribution in [0.2, 0.25) is 6.55 Å². The first-order chi connectivity index (χ1) is 5.14. The van der Waals surface area contributed by atoms with Crippen molar-refractivity contribution >= 4 is 104 Å². The molecule has 0 N–H and O–H groups in total. The molecule has 0 saturated carbocycles. The summed E-state index contributed by atoms with van der Waals surface area (Å²) in [6, 6.07) is 0. The third kappa shape index (κ3) is 3.20. The summed E-state index contributed by atoms with van der Waals surface area (Å²) >= 11 is 41.4. The molecule has 0 aromatic carbocycles. The van der Waals surface area contributed by atoms with E-state index in [1.807, 2.05) is 0 Å². The van der Waals surface area contributed by atoms with Gasteiger partial charge in [-0.05, 0) is 0 Å². The minimum absolute atomic E-state index is 1.75. The van der Waals surface area contributed by atoms with Crippen LogP contribution in [0.25, 0.3) is 0 Å². The van der Waals surface area contributed by atoms with Gasteiger partial charge in [-0.1, -0.05) is 6.55 Å². The Bertz CT molecular complexity index is 135. The Balaban J connectivity index is 4.75. The van der Waals surface area contributed by atoms with Crippen LogP contribution in [0.3, 0.4) is 0 Å². The van der Waals surface area contributed by atoms with Crippen molar-refractivity contribution in [2.24, 2.45) is 0 Å². The lowest BCUT2D eigenvalue weighted by Gasteiger charge is -2.30. The molecular formula is CH5Cl7Si4. The average molecular weight is 378 g/mol. The zero-order valence-electron chi connectivity index (χ0n) is 5.80. The Labute approximate surface area is 109 Å². The Morgan fingerprint density at radius 1 is 0.833 bits per heavy atom. The second-order valence-corrected chi connectivity index (χ2v) is 49.0. The van der Waals surface area contributed by atoms with Crippen LogP contribution in [0, 0.1) is 0 Å². The van der Waals surface area contributed by atoms with Gasteiger partial charge in [0.15, 0.2) is 0 Å². The highest BCUT2D eigenvalue weighted by molar-refractivity contribution is 8.16. The molecule has 0 heterocycles. The van der Waals surface area contributed by atoms with E-state index in [0.717, 1.165) is 0 Å². The van der Waals surface area contributed by atoms with Crippen molar-refractivity contribution in [2.75, 3.05) is 0 Å². The molecule has 0 amide bonds. The van der Waals surface area contributed by atoms with E-state index < -0.39 is 26.0 Å². The molecule has 0 radical (unpaired) electrons. The molecule has 0 aliphatic heterocycles. The molecule has 0 spiro atoms. The molecule has 12 heavy (non-hydrogen) atoms. The van der Waals surface area contributed by atoms with E-state index in [9.17, 15) is 0 Å². The summed E-state index contributed by atoms with van der Waals surface area (Å²) in [5.74, 6) is 0. The van der Waals surface area contributed by atoms with Gasteiger partial charge in [0.1, 0.15) is 0 Å². The van der Waals surface area contributed by atoms with Gasteiger partial charge in [0, 0.05) is 0 Å². The van der Waals surface area contributed by atoms with Gasteiger partial charge in [0.2, 0.25) is 13.4 Å². The first-order valence-electron chi connectivity index (χ1n) is 2.77. The van der Waals surface area contributed by atoms with Crippen LogP contribution in [0.1, 0.15) is 0 Å². The van der Waals surface area contributed by atoms with E-state index in [0.29, 0.717) is 0 Å². The number of hydrogen-bond donors (Lipinski definition) is 0. The topological polar surface area (TPSA) is 0 Å². The van der Waals surface area contributed by atoms with Gasteiger partial charge in [0.05, 0.1) is 0 Å². The summed E-state index contributed by atoms with van der Waals surface area (Å²) in [7, 11) is 0. The van der Waals surface area contributed by atoms with Crippen LogP contribution in [-0.2, 0) is 0 Å². The quantitative estimate of drug-likeness (QED) is 0.523. The fraction of sp³-hybridized carbons (Fsp3) is 1.00. The third-order valence-corrected chi connectivity index (χ3v) is 78.4. The van der Waals surface area contributed by atoms with Gasteiger partial charge < -0.3 is 0 Å². The maximum atomic E-state index is 6.16. The van der Waals surface area contributed by atoms with Gasteiger partial charge in [0.25, 0.3) is 12.7 Å². The van der Waals surface area contributed by atoms with Crippen LogP contribution in [0.15, 0.2) is 0 Å². The largest absolute Gasteiger partial charge is 0.275 e. The Morgan fingerprint density at radius 2 is 1.17 bits per heavy atom. The first kappa shape index (κ1) is 14.9. The minimum atomic E-state index is -2.76. The summed E-state index contributed by atoms with van der Waals surface area (Å²) < 4.78 is 0.